The van der Waals surface area contributed by atoms with Crippen LogP contribution >= 0.6 is 23.2 Å². The van der Waals surface area contributed by atoms with E-state index in [1.165, 1.54) is 10.6 Å². The molecule has 0 atom stereocenters. The molecule has 0 aliphatic rings. The Morgan fingerprint density at radius 1 is 1.22 bits per heavy atom. The summed E-state index contributed by atoms with van der Waals surface area (Å²) in [5.74, 6) is 0.497. The largest absolute Gasteiger partial charge is 0.430 e. The Morgan fingerprint density at radius 3 is 2.61 bits per heavy atom. The zero-order chi connectivity index (χ0) is 13.3. The Kier molecular flexibility index (Phi) is 3.59. The van der Waals surface area contributed by atoms with Gasteiger partial charge in [-0.15, -0.1) is 0 Å². The zero-order valence-electron chi connectivity index (χ0n) is 9.78. The number of halogens is 2. The van der Waals surface area contributed by atoms with E-state index in [-0.39, 0.29) is 11.2 Å². The van der Waals surface area contributed by atoms with Crippen molar-refractivity contribution in [1.29, 1.82) is 0 Å². The van der Waals surface area contributed by atoms with Gasteiger partial charge in [0, 0.05) is 13.1 Å². The first kappa shape index (κ1) is 12.9. The highest BCUT2D eigenvalue weighted by atomic mass is 35.5. The highest BCUT2D eigenvalue weighted by Gasteiger charge is 2.01. The molecule has 4 nitrogen and oxygen atoms in total. The highest BCUT2D eigenvalue weighted by molar-refractivity contribution is 6.42. The van der Waals surface area contributed by atoms with E-state index in [1.54, 1.807) is 32.2 Å². The summed E-state index contributed by atoms with van der Waals surface area (Å²) in [5.41, 5.74) is 0.588. The minimum atomic E-state index is -0.183. The molecule has 0 aliphatic heterocycles. The second kappa shape index (κ2) is 5.00. The van der Waals surface area contributed by atoms with Crippen molar-refractivity contribution in [1.82, 2.24) is 4.57 Å². The molecule has 94 valence electrons. The number of aryl methyl sites for hydroxylation is 1. The predicted molar refractivity (Wildman–Crippen MR) is 70.4 cm³/mol. The number of hydrogen-bond donors (Lipinski definition) is 0. The molecule has 0 aliphatic carbocycles. The second-order valence-corrected chi connectivity index (χ2v) is 4.56. The summed E-state index contributed by atoms with van der Waals surface area (Å²) < 4.78 is 6.70. The van der Waals surface area contributed by atoms with Gasteiger partial charge in [0.25, 0.3) is 5.56 Å². The Labute approximate surface area is 113 Å². The van der Waals surface area contributed by atoms with Crippen molar-refractivity contribution in [2.45, 2.75) is 6.92 Å². The van der Waals surface area contributed by atoms with Crippen LogP contribution in [0.4, 0.5) is 5.69 Å². The number of aromatic nitrogens is 1. The van der Waals surface area contributed by atoms with E-state index < -0.39 is 0 Å². The monoisotopic (exact) mass is 284 g/mol. The molecule has 18 heavy (non-hydrogen) atoms. The minimum absolute atomic E-state index is 0.183. The van der Waals surface area contributed by atoms with Crippen LogP contribution in [0.2, 0.25) is 10.0 Å². The summed E-state index contributed by atoms with van der Waals surface area (Å²) in [7, 11) is 1.58. The molecule has 1 heterocycles. The maximum absolute atomic E-state index is 11.6. The van der Waals surface area contributed by atoms with E-state index in [1.807, 2.05) is 0 Å². The lowest BCUT2D eigenvalue weighted by Gasteiger charge is -2.00. The van der Waals surface area contributed by atoms with Crippen LogP contribution in [0.15, 0.2) is 38.5 Å². The lowest BCUT2D eigenvalue weighted by molar-refractivity contribution is 0.404. The third-order valence-corrected chi connectivity index (χ3v) is 3.06. The summed E-state index contributed by atoms with van der Waals surface area (Å²) in [6.45, 7) is 1.69. The van der Waals surface area contributed by atoms with E-state index in [9.17, 15) is 4.79 Å². The van der Waals surface area contributed by atoms with Crippen LogP contribution in [0.5, 0.6) is 0 Å². The number of nitrogens with zero attached hydrogens (tertiary/aromatic N) is 2. The Morgan fingerprint density at radius 2 is 1.94 bits per heavy atom. The van der Waals surface area contributed by atoms with E-state index in [4.69, 9.17) is 27.6 Å². The normalized spacial score (nSPS) is 11.9. The second-order valence-electron chi connectivity index (χ2n) is 3.75. The fourth-order valence-electron chi connectivity index (χ4n) is 1.37. The molecule has 0 bridgehead atoms. The Bertz CT molecular complexity index is 717. The predicted octanol–water partition coefficient (Wildman–Crippen LogP) is 2.83. The average Bonchev–Trinajstić information content (AvgIpc) is 2.30. The van der Waals surface area contributed by atoms with Gasteiger partial charge in [0.1, 0.15) is 5.76 Å². The van der Waals surface area contributed by atoms with Gasteiger partial charge >= 0.3 is 5.68 Å². The first-order valence-electron chi connectivity index (χ1n) is 5.15. The van der Waals surface area contributed by atoms with Crippen LogP contribution in [0.1, 0.15) is 5.76 Å². The van der Waals surface area contributed by atoms with Gasteiger partial charge in [-0.05, 0) is 25.1 Å². The SMILES string of the molecule is Cc1cc(=O)n(C)c(=Nc2ccc(Cl)c(Cl)c2)o1. The molecule has 1 aromatic heterocycles. The van der Waals surface area contributed by atoms with Crippen LogP contribution in [-0.4, -0.2) is 4.57 Å². The van der Waals surface area contributed by atoms with Gasteiger partial charge in [-0.2, -0.15) is 4.99 Å². The zero-order valence-corrected chi connectivity index (χ0v) is 11.3. The van der Waals surface area contributed by atoms with Crippen LogP contribution in [0.3, 0.4) is 0 Å². The van der Waals surface area contributed by atoms with Gasteiger partial charge in [-0.3, -0.25) is 9.36 Å². The van der Waals surface area contributed by atoms with Gasteiger partial charge < -0.3 is 4.42 Å². The number of rotatable bonds is 1. The highest BCUT2D eigenvalue weighted by Crippen LogP contribution is 2.26. The number of hydrogen-bond acceptors (Lipinski definition) is 3. The summed E-state index contributed by atoms with van der Waals surface area (Å²) in [6.07, 6.45) is 0. The van der Waals surface area contributed by atoms with Gasteiger partial charge in [-0.1, -0.05) is 23.2 Å². The van der Waals surface area contributed by atoms with Gasteiger partial charge in [0.15, 0.2) is 0 Å². The average molecular weight is 285 g/mol. The van der Waals surface area contributed by atoms with Crippen molar-refractivity contribution in [2.24, 2.45) is 12.0 Å². The summed E-state index contributed by atoms with van der Waals surface area (Å²) in [5, 5.41) is 0.848. The first-order chi connectivity index (χ1) is 8.47. The molecule has 1 aromatic carbocycles. The van der Waals surface area contributed by atoms with E-state index >= 15 is 0 Å². The molecule has 2 aromatic rings. The Balaban J connectivity index is 2.64. The van der Waals surface area contributed by atoms with E-state index in [2.05, 4.69) is 4.99 Å². The van der Waals surface area contributed by atoms with Crippen LogP contribution in [0, 0.1) is 6.92 Å². The lowest BCUT2D eigenvalue weighted by Crippen LogP contribution is -2.30. The van der Waals surface area contributed by atoms with Crippen LogP contribution < -0.4 is 11.2 Å². The molecule has 0 N–H and O–H groups in total. The third kappa shape index (κ3) is 2.66. The van der Waals surface area contributed by atoms with Crippen molar-refractivity contribution in [3.8, 4) is 0 Å². The fourth-order valence-corrected chi connectivity index (χ4v) is 1.66. The summed E-state index contributed by atoms with van der Waals surface area (Å²) in [6, 6.07) is 6.33. The molecule has 0 fully saturated rings. The smallest absolute Gasteiger partial charge is 0.304 e. The van der Waals surface area contributed by atoms with Crippen molar-refractivity contribution >= 4 is 28.9 Å². The molecule has 0 amide bonds. The van der Waals surface area contributed by atoms with Crippen LogP contribution in [0.25, 0.3) is 0 Å². The Hall–Kier alpha value is -1.52. The molecule has 6 heteroatoms. The molecule has 2 rings (SSSR count). The fraction of sp³-hybridized carbons (Fsp3) is 0.167. The van der Waals surface area contributed by atoms with Crippen molar-refractivity contribution in [2.75, 3.05) is 0 Å². The van der Waals surface area contributed by atoms with Gasteiger partial charge in [0.2, 0.25) is 0 Å². The van der Waals surface area contributed by atoms with Gasteiger partial charge in [-0.25, -0.2) is 0 Å². The van der Waals surface area contributed by atoms with Crippen LogP contribution in [-0.2, 0) is 7.05 Å². The summed E-state index contributed by atoms with van der Waals surface area (Å²) >= 11 is 11.7. The number of benzene rings is 1. The van der Waals surface area contributed by atoms with Gasteiger partial charge in [0.05, 0.1) is 15.7 Å². The van der Waals surface area contributed by atoms with Crippen molar-refractivity contribution in [3.63, 3.8) is 0 Å². The quantitative estimate of drug-likeness (QED) is 0.808. The van der Waals surface area contributed by atoms with E-state index in [0.717, 1.165) is 0 Å². The van der Waals surface area contributed by atoms with Crippen molar-refractivity contribution in [3.05, 3.63) is 56.1 Å². The lowest BCUT2D eigenvalue weighted by atomic mass is 10.3. The third-order valence-electron chi connectivity index (χ3n) is 2.32. The topological polar surface area (TPSA) is 47.5 Å². The van der Waals surface area contributed by atoms with Crippen molar-refractivity contribution < 1.29 is 4.42 Å². The maximum Gasteiger partial charge on any atom is 0.304 e. The molecule has 0 saturated heterocycles. The molecule has 0 radical (unpaired) electrons. The standard InChI is InChI=1S/C12H10Cl2N2O2/c1-7-5-11(17)16(2)12(18-7)15-8-3-4-9(13)10(14)6-8/h3-6H,1-2H3. The molecule has 0 saturated carbocycles. The molecular weight excluding hydrogens is 275 g/mol. The summed E-state index contributed by atoms with van der Waals surface area (Å²) in [4.78, 5) is 15.8. The molecular formula is C12H10Cl2N2O2. The minimum Gasteiger partial charge on any atom is -0.430 e. The van der Waals surface area contributed by atoms with E-state index in [0.29, 0.717) is 21.5 Å². The first-order valence-corrected chi connectivity index (χ1v) is 5.90. The molecule has 0 unspecified atom stereocenters. The maximum atomic E-state index is 11.6. The molecule has 0 spiro atoms.